The van der Waals surface area contributed by atoms with E-state index in [0.717, 1.165) is 12.0 Å². The molecule has 0 saturated carbocycles. The molecule has 0 atom stereocenters. The Hall–Kier alpha value is -1.87. The Bertz CT molecular complexity index is 759. The van der Waals surface area contributed by atoms with Gasteiger partial charge in [0.1, 0.15) is 13.7 Å². The SMILES string of the molecule is Bc1ccc(C)c(Cc2ccc(-c3ccc(F)cc3)s2)c1. The molecule has 0 spiro atoms. The van der Waals surface area contributed by atoms with Gasteiger partial charge in [-0.3, -0.25) is 0 Å². The van der Waals surface area contributed by atoms with Crippen molar-refractivity contribution in [1.29, 1.82) is 0 Å². The van der Waals surface area contributed by atoms with Crippen LogP contribution in [0, 0.1) is 12.7 Å². The Kier molecular flexibility index (Phi) is 3.93. The van der Waals surface area contributed by atoms with Crippen molar-refractivity contribution in [1.82, 2.24) is 0 Å². The largest absolute Gasteiger partial charge is 0.207 e. The van der Waals surface area contributed by atoms with Gasteiger partial charge < -0.3 is 0 Å². The molecule has 0 fully saturated rings. The van der Waals surface area contributed by atoms with Crippen LogP contribution in [0.3, 0.4) is 0 Å². The minimum absolute atomic E-state index is 0.189. The van der Waals surface area contributed by atoms with Gasteiger partial charge in [-0.15, -0.1) is 11.3 Å². The fraction of sp³-hybridized carbons (Fsp3) is 0.111. The standard InChI is InChI=1S/C18H16BFS/c1-12-2-5-15(19)10-14(12)11-17-8-9-18(21-17)13-3-6-16(20)7-4-13/h2-10H,11,19H2,1H3. The van der Waals surface area contributed by atoms with E-state index in [9.17, 15) is 4.39 Å². The van der Waals surface area contributed by atoms with Crippen LogP contribution in [0.2, 0.25) is 0 Å². The second kappa shape index (κ2) is 5.86. The van der Waals surface area contributed by atoms with Gasteiger partial charge in [0, 0.05) is 16.2 Å². The van der Waals surface area contributed by atoms with Crippen LogP contribution in [-0.2, 0) is 6.42 Å². The quantitative estimate of drug-likeness (QED) is 0.646. The number of thiophene rings is 1. The van der Waals surface area contributed by atoms with Gasteiger partial charge in [0.15, 0.2) is 0 Å². The third-order valence-corrected chi connectivity index (χ3v) is 4.79. The summed E-state index contributed by atoms with van der Waals surface area (Å²) in [4.78, 5) is 2.53. The minimum atomic E-state index is -0.189. The lowest BCUT2D eigenvalue weighted by molar-refractivity contribution is 0.628. The van der Waals surface area contributed by atoms with Crippen LogP contribution in [0.4, 0.5) is 4.39 Å². The van der Waals surface area contributed by atoms with E-state index in [2.05, 4.69) is 45.1 Å². The van der Waals surface area contributed by atoms with E-state index in [1.54, 1.807) is 11.3 Å². The highest BCUT2D eigenvalue weighted by atomic mass is 32.1. The molecule has 0 aliphatic heterocycles. The maximum absolute atomic E-state index is 13.0. The van der Waals surface area contributed by atoms with E-state index in [1.807, 2.05) is 12.1 Å². The molecular weight excluding hydrogens is 278 g/mol. The van der Waals surface area contributed by atoms with Crippen molar-refractivity contribution in [3.05, 3.63) is 76.4 Å². The number of rotatable bonds is 3. The lowest BCUT2D eigenvalue weighted by atomic mass is 9.91. The van der Waals surface area contributed by atoms with E-state index >= 15 is 0 Å². The molecule has 0 bridgehead atoms. The monoisotopic (exact) mass is 294 g/mol. The van der Waals surface area contributed by atoms with E-state index in [0.29, 0.717) is 0 Å². The molecule has 0 radical (unpaired) electrons. The van der Waals surface area contributed by atoms with Crippen molar-refractivity contribution in [2.24, 2.45) is 0 Å². The summed E-state index contributed by atoms with van der Waals surface area (Å²) in [5, 5.41) is 0. The average molecular weight is 294 g/mol. The lowest BCUT2D eigenvalue weighted by Crippen LogP contribution is -2.04. The van der Waals surface area contributed by atoms with E-state index in [4.69, 9.17) is 0 Å². The molecule has 0 saturated heterocycles. The molecule has 3 rings (SSSR count). The predicted molar refractivity (Wildman–Crippen MR) is 91.9 cm³/mol. The van der Waals surface area contributed by atoms with Crippen LogP contribution < -0.4 is 5.46 Å². The van der Waals surface area contributed by atoms with Gasteiger partial charge in [0.25, 0.3) is 0 Å². The van der Waals surface area contributed by atoms with Crippen molar-refractivity contribution in [3.63, 3.8) is 0 Å². The summed E-state index contributed by atoms with van der Waals surface area (Å²) < 4.78 is 13.0. The highest BCUT2D eigenvalue weighted by Crippen LogP contribution is 2.29. The van der Waals surface area contributed by atoms with Crippen molar-refractivity contribution in [2.75, 3.05) is 0 Å². The molecule has 0 nitrogen and oxygen atoms in total. The zero-order chi connectivity index (χ0) is 14.8. The van der Waals surface area contributed by atoms with Crippen LogP contribution >= 0.6 is 11.3 Å². The van der Waals surface area contributed by atoms with Crippen LogP contribution in [-0.4, -0.2) is 7.85 Å². The summed E-state index contributed by atoms with van der Waals surface area (Å²) in [7, 11) is 2.13. The van der Waals surface area contributed by atoms with Gasteiger partial charge >= 0.3 is 0 Å². The molecule has 0 aliphatic carbocycles. The van der Waals surface area contributed by atoms with Crippen molar-refractivity contribution in [3.8, 4) is 10.4 Å². The number of hydrogen-bond donors (Lipinski definition) is 0. The Labute approximate surface area is 129 Å². The van der Waals surface area contributed by atoms with Crippen molar-refractivity contribution in [2.45, 2.75) is 13.3 Å². The van der Waals surface area contributed by atoms with E-state index in [1.165, 1.54) is 38.5 Å². The molecule has 0 aliphatic rings. The summed E-state index contributed by atoms with van der Waals surface area (Å²) in [6, 6.07) is 17.6. The number of halogens is 1. The molecular formula is C18H16BFS. The molecule has 1 heterocycles. The predicted octanol–water partition coefficient (Wildman–Crippen LogP) is 3.71. The first kappa shape index (κ1) is 14.1. The minimum Gasteiger partial charge on any atom is -0.207 e. The Morgan fingerprint density at radius 1 is 1.00 bits per heavy atom. The van der Waals surface area contributed by atoms with Crippen molar-refractivity contribution >= 4 is 24.6 Å². The van der Waals surface area contributed by atoms with Gasteiger partial charge in [-0.05, 0) is 47.9 Å². The van der Waals surface area contributed by atoms with Crippen LogP contribution in [0.5, 0.6) is 0 Å². The average Bonchev–Trinajstić information content (AvgIpc) is 2.92. The zero-order valence-corrected chi connectivity index (χ0v) is 13.0. The molecule has 0 amide bonds. The van der Waals surface area contributed by atoms with E-state index < -0.39 is 0 Å². The zero-order valence-electron chi connectivity index (χ0n) is 12.2. The lowest BCUT2D eigenvalue weighted by Gasteiger charge is -2.05. The van der Waals surface area contributed by atoms with Gasteiger partial charge in [0.2, 0.25) is 0 Å². The summed E-state index contributed by atoms with van der Waals surface area (Å²) >= 11 is 1.78. The number of aryl methyl sites for hydroxylation is 1. The fourth-order valence-electron chi connectivity index (χ4n) is 2.42. The second-order valence-corrected chi connectivity index (χ2v) is 6.55. The number of hydrogen-bond acceptors (Lipinski definition) is 1. The molecule has 3 aromatic rings. The second-order valence-electron chi connectivity index (χ2n) is 5.38. The first-order valence-corrected chi connectivity index (χ1v) is 7.84. The highest BCUT2D eigenvalue weighted by molar-refractivity contribution is 7.15. The molecule has 2 aromatic carbocycles. The third-order valence-electron chi connectivity index (χ3n) is 3.66. The molecule has 0 N–H and O–H groups in total. The normalized spacial score (nSPS) is 10.8. The van der Waals surface area contributed by atoms with Gasteiger partial charge in [-0.1, -0.05) is 35.8 Å². The Morgan fingerprint density at radius 2 is 1.76 bits per heavy atom. The highest BCUT2D eigenvalue weighted by Gasteiger charge is 2.06. The molecule has 0 unspecified atom stereocenters. The summed E-state index contributed by atoms with van der Waals surface area (Å²) in [6.07, 6.45) is 0.958. The Balaban J connectivity index is 1.85. The fourth-order valence-corrected chi connectivity index (χ4v) is 3.46. The number of benzene rings is 2. The molecule has 3 heteroatoms. The Morgan fingerprint density at radius 3 is 2.52 bits per heavy atom. The maximum Gasteiger partial charge on any atom is 0.139 e. The first-order chi connectivity index (χ1) is 10.1. The molecule has 104 valence electrons. The van der Waals surface area contributed by atoms with Crippen LogP contribution in [0.25, 0.3) is 10.4 Å². The maximum atomic E-state index is 13.0. The third kappa shape index (κ3) is 3.25. The smallest absolute Gasteiger partial charge is 0.139 e. The van der Waals surface area contributed by atoms with E-state index in [-0.39, 0.29) is 5.82 Å². The van der Waals surface area contributed by atoms with Gasteiger partial charge in [-0.2, -0.15) is 0 Å². The molecule has 1 aromatic heterocycles. The molecule has 21 heavy (non-hydrogen) atoms. The van der Waals surface area contributed by atoms with Crippen LogP contribution in [0.15, 0.2) is 54.6 Å². The van der Waals surface area contributed by atoms with Gasteiger partial charge in [-0.25, -0.2) is 4.39 Å². The topological polar surface area (TPSA) is 0 Å². The van der Waals surface area contributed by atoms with Crippen LogP contribution in [0.1, 0.15) is 16.0 Å². The summed E-state index contributed by atoms with van der Waals surface area (Å²) in [5.74, 6) is -0.189. The summed E-state index contributed by atoms with van der Waals surface area (Å²) in [6.45, 7) is 2.16. The van der Waals surface area contributed by atoms with Crippen molar-refractivity contribution < 1.29 is 4.39 Å². The summed E-state index contributed by atoms with van der Waals surface area (Å²) in [5.41, 5.74) is 5.08. The first-order valence-electron chi connectivity index (χ1n) is 7.02. The van der Waals surface area contributed by atoms with Gasteiger partial charge in [0.05, 0.1) is 0 Å².